The highest BCUT2D eigenvalue weighted by Crippen LogP contribution is 2.39. The number of fused-ring (bicyclic) bond motifs is 3. The average Bonchev–Trinajstić information content (AvgIpc) is 2.71. The molecule has 0 aliphatic carbocycles. The summed E-state index contributed by atoms with van der Waals surface area (Å²) in [6.07, 6.45) is 4.30. The Kier molecular flexibility index (Phi) is 3.53. The van der Waals surface area contributed by atoms with Crippen molar-refractivity contribution in [3.8, 4) is 0 Å². The van der Waals surface area contributed by atoms with E-state index in [2.05, 4.69) is 4.90 Å². The second-order valence-corrected chi connectivity index (χ2v) is 5.81. The van der Waals surface area contributed by atoms with Crippen LogP contribution >= 0.6 is 0 Å². The van der Waals surface area contributed by atoms with Crippen LogP contribution in [0, 0.1) is 16.0 Å². The lowest BCUT2D eigenvalue weighted by Crippen LogP contribution is -2.51. The van der Waals surface area contributed by atoms with Gasteiger partial charge in [0.25, 0.3) is 5.69 Å². The van der Waals surface area contributed by atoms with E-state index in [0.29, 0.717) is 6.42 Å². The molecule has 0 saturated carbocycles. The fourth-order valence-electron chi connectivity index (χ4n) is 3.59. The first-order valence-corrected chi connectivity index (χ1v) is 7.33. The molecule has 0 unspecified atom stereocenters. The molecule has 0 radical (unpaired) electrons. The maximum absolute atomic E-state index is 11.5. The number of rotatable bonds is 2. The van der Waals surface area contributed by atoms with Crippen LogP contribution in [0.1, 0.15) is 31.2 Å². The first kappa shape index (κ1) is 13.9. The van der Waals surface area contributed by atoms with Crippen molar-refractivity contribution in [3.63, 3.8) is 0 Å². The third kappa shape index (κ3) is 2.46. The van der Waals surface area contributed by atoms with Gasteiger partial charge in [0.15, 0.2) is 0 Å². The SMILES string of the molecule is O=C([O-])[C@@H]1Cc2cc([N+](=O)[O-])ccc2N2CCCCC[C@H]12. The summed E-state index contributed by atoms with van der Waals surface area (Å²) in [6.45, 7) is 0.805. The zero-order valence-corrected chi connectivity index (χ0v) is 11.7. The minimum absolute atomic E-state index is 0.0131. The van der Waals surface area contributed by atoms with Crippen LogP contribution in [0.4, 0.5) is 11.4 Å². The van der Waals surface area contributed by atoms with Crippen LogP contribution in [0.15, 0.2) is 18.2 Å². The number of carboxylic acids is 1. The van der Waals surface area contributed by atoms with Gasteiger partial charge in [-0.2, -0.15) is 0 Å². The van der Waals surface area contributed by atoms with E-state index in [1.165, 1.54) is 12.1 Å². The standard InChI is InChI=1S/C15H18N2O4/c18-15(19)12-9-10-8-11(17(20)21)5-6-13(10)16-7-3-1-2-4-14(12)16/h5-6,8,12,14H,1-4,7,9H2,(H,18,19)/p-1/t12-,14-/m1/s1. The van der Waals surface area contributed by atoms with Gasteiger partial charge < -0.3 is 14.8 Å². The molecule has 0 aromatic heterocycles. The molecule has 0 spiro atoms. The van der Waals surface area contributed by atoms with Gasteiger partial charge in [-0.25, -0.2) is 0 Å². The molecule has 112 valence electrons. The van der Waals surface area contributed by atoms with E-state index in [-0.39, 0.29) is 11.7 Å². The van der Waals surface area contributed by atoms with Gasteiger partial charge in [-0.05, 0) is 30.9 Å². The molecule has 2 atom stereocenters. The van der Waals surface area contributed by atoms with Crippen LogP contribution < -0.4 is 10.0 Å². The molecule has 0 bridgehead atoms. The maximum Gasteiger partial charge on any atom is 0.269 e. The number of carbonyl (C=O) groups excluding carboxylic acids is 1. The van der Waals surface area contributed by atoms with Gasteiger partial charge in [-0.3, -0.25) is 10.1 Å². The number of aliphatic carboxylic acids is 1. The first-order chi connectivity index (χ1) is 10.1. The van der Waals surface area contributed by atoms with Crippen LogP contribution in [0.25, 0.3) is 0 Å². The van der Waals surface area contributed by atoms with Gasteiger partial charge >= 0.3 is 0 Å². The molecule has 0 amide bonds. The summed E-state index contributed by atoms with van der Waals surface area (Å²) in [7, 11) is 0. The second kappa shape index (κ2) is 5.35. The Balaban J connectivity index is 2.05. The molecule has 2 heterocycles. The number of anilines is 1. The predicted octanol–water partition coefficient (Wildman–Crippen LogP) is 1.27. The van der Waals surface area contributed by atoms with E-state index in [0.717, 1.165) is 43.5 Å². The monoisotopic (exact) mass is 289 g/mol. The van der Waals surface area contributed by atoms with Gasteiger partial charge in [-0.1, -0.05) is 12.8 Å². The van der Waals surface area contributed by atoms with Crippen molar-refractivity contribution in [1.82, 2.24) is 0 Å². The Morgan fingerprint density at radius 2 is 2.10 bits per heavy atom. The minimum atomic E-state index is -1.05. The quantitative estimate of drug-likeness (QED) is 0.604. The molecule has 1 saturated heterocycles. The van der Waals surface area contributed by atoms with Crippen LogP contribution in [0.2, 0.25) is 0 Å². The van der Waals surface area contributed by atoms with Gasteiger partial charge in [0.05, 0.1) is 4.92 Å². The van der Waals surface area contributed by atoms with E-state index in [1.807, 2.05) is 0 Å². The number of non-ortho nitro benzene ring substituents is 1. The Hall–Kier alpha value is -2.11. The number of hydrogen-bond acceptors (Lipinski definition) is 5. The zero-order valence-electron chi connectivity index (χ0n) is 11.7. The molecule has 6 nitrogen and oxygen atoms in total. The van der Waals surface area contributed by atoms with Crippen LogP contribution in [0.3, 0.4) is 0 Å². The van der Waals surface area contributed by atoms with E-state index >= 15 is 0 Å². The molecule has 1 aromatic carbocycles. The van der Waals surface area contributed by atoms with Crippen molar-refractivity contribution < 1.29 is 14.8 Å². The first-order valence-electron chi connectivity index (χ1n) is 7.33. The molecule has 2 aliphatic rings. The molecule has 3 rings (SSSR count). The summed E-state index contributed by atoms with van der Waals surface area (Å²) >= 11 is 0. The van der Waals surface area contributed by atoms with Crippen molar-refractivity contribution in [2.24, 2.45) is 5.92 Å². The molecule has 0 N–H and O–H groups in total. The molecule has 2 aliphatic heterocycles. The summed E-state index contributed by atoms with van der Waals surface area (Å²) in [5, 5.41) is 22.4. The Labute approximate surface area is 122 Å². The van der Waals surface area contributed by atoms with Gasteiger partial charge in [0, 0.05) is 42.3 Å². The Morgan fingerprint density at radius 1 is 1.29 bits per heavy atom. The summed E-state index contributed by atoms with van der Waals surface area (Å²) in [5.74, 6) is -1.64. The number of nitro benzene ring substituents is 1. The number of carbonyl (C=O) groups is 1. The fraction of sp³-hybridized carbons (Fsp3) is 0.533. The lowest BCUT2D eigenvalue weighted by Gasteiger charge is -2.43. The van der Waals surface area contributed by atoms with Crippen molar-refractivity contribution >= 4 is 17.3 Å². The number of nitro groups is 1. The average molecular weight is 289 g/mol. The van der Waals surface area contributed by atoms with E-state index < -0.39 is 16.8 Å². The number of nitrogens with zero attached hydrogens (tertiary/aromatic N) is 2. The third-order valence-electron chi connectivity index (χ3n) is 4.59. The van der Waals surface area contributed by atoms with E-state index in [4.69, 9.17) is 0 Å². The zero-order chi connectivity index (χ0) is 15.0. The number of carboxylic acid groups (broad SMARTS) is 1. The topological polar surface area (TPSA) is 86.5 Å². The van der Waals surface area contributed by atoms with E-state index in [1.54, 1.807) is 6.07 Å². The molecule has 6 heteroatoms. The van der Waals surface area contributed by atoms with Crippen LogP contribution in [-0.4, -0.2) is 23.5 Å². The van der Waals surface area contributed by atoms with Gasteiger partial charge in [0.2, 0.25) is 0 Å². The number of benzene rings is 1. The van der Waals surface area contributed by atoms with Gasteiger partial charge in [0.1, 0.15) is 0 Å². The smallest absolute Gasteiger partial charge is 0.269 e. The lowest BCUT2D eigenvalue weighted by molar-refractivity contribution is -0.384. The number of hydrogen-bond donors (Lipinski definition) is 0. The summed E-state index contributed by atoms with van der Waals surface area (Å²) in [5.41, 5.74) is 1.71. The highest BCUT2D eigenvalue weighted by molar-refractivity contribution is 5.74. The molecule has 1 fully saturated rings. The molecular formula is C15H17N2O4-. The fourth-order valence-corrected chi connectivity index (χ4v) is 3.59. The highest BCUT2D eigenvalue weighted by atomic mass is 16.6. The largest absolute Gasteiger partial charge is 0.550 e. The second-order valence-electron chi connectivity index (χ2n) is 5.81. The van der Waals surface area contributed by atoms with Crippen molar-refractivity contribution in [1.29, 1.82) is 0 Å². The van der Waals surface area contributed by atoms with Gasteiger partial charge in [-0.15, -0.1) is 0 Å². The predicted molar refractivity (Wildman–Crippen MR) is 74.9 cm³/mol. The van der Waals surface area contributed by atoms with Crippen molar-refractivity contribution in [2.45, 2.75) is 38.1 Å². The summed E-state index contributed by atoms with van der Waals surface area (Å²) in [6, 6.07) is 4.72. The van der Waals surface area contributed by atoms with Crippen molar-refractivity contribution in [3.05, 3.63) is 33.9 Å². The minimum Gasteiger partial charge on any atom is -0.550 e. The highest BCUT2D eigenvalue weighted by Gasteiger charge is 2.36. The summed E-state index contributed by atoms with van der Waals surface area (Å²) in [4.78, 5) is 24.1. The normalized spacial score (nSPS) is 24.7. The van der Waals surface area contributed by atoms with E-state index in [9.17, 15) is 20.0 Å². The Bertz CT molecular complexity index is 587. The summed E-state index contributed by atoms with van der Waals surface area (Å²) < 4.78 is 0. The third-order valence-corrected chi connectivity index (χ3v) is 4.59. The van der Waals surface area contributed by atoms with Crippen LogP contribution in [0.5, 0.6) is 0 Å². The lowest BCUT2D eigenvalue weighted by atomic mass is 9.83. The molecular weight excluding hydrogens is 272 g/mol. The van der Waals surface area contributed by atoms with Crippen LogP contribution in [-0.2, 0) is 11.2 Å². The van der Waals surface area contributed by atoms with Crippen molar-refractivity contribution in [2.75, 3.05) is 11.4 Å². The Morgan fingerprint density at radius 3 is 2.81 bits per heavy atom. The maximum atomic E-state index is 11.5. The molecule has 21 heavy (non-hydrogen) atoms. The molecule has 1 aromatic rings.